The zero-order chi connectivity index (χ0) is 24.3. The van der Waals surface area contributed by atoms with E-state index in [2.05, 4.69) is 20.8 Å². The van der Waals surface area contributed by atoms with Gasteiger partial charge in [0.2, 0.25) is 10.0 Å². The second-order valence-corrected chi connectivity index (χ2v) is 9.87. The van der Waals surface area contributed by atoms with Gasteiger partial charge in [-0.2, -0.15) is 8.99 Å². The maximum absolute atomic E-state index is 14.5. The number of nitrogens with zero attached hydrogens (tertiary/aromatic N) is 5. The maximum atomic E-state index is 14.5. The number of carbonyl (C=O) groups excluding carboxylic acids is 1. The number of methoxy groups -OCH3 is 1. The van der Waals surface area contributed by atoms with E-state index in [0.29, 0.717) is 24.6 Å². The summed E-state index contributed by atoms with van der Waals surface area (Å²) in [5.41, 5.74) is 0.311. The van der Waals surface area contributed by atoms with Crippen molar-refractivity contribution < 1.29 is 22.3 Å². The van der Waals surface area contributed by atoms with E-state index < -0.39 is 21.7 Å². The summed E-state index contributed by atoms with van der Waals surface area (Å²) in [4.78, 5) is 13.1. The number of hydrogen-bond acceptors (Lipinski definition) is 7. The molecule has 0 aliphatic carbocycles. The molecule has 0 spiro atoms. The highest BCUT2D eigenvalue weighted by molar-refractivity contribution is 7.89. The summed E-state index contributed by atoms with van der Waals surface area (Å²) in [5, 5.41) is 13.7. The zero-order valence-corrected chi connectivity index (χ0v) is 19.7. The predicted octanol–water partition coefficient (Wildman–Crippen LogP) is 2.94. The Morgan fingerprint density at radius 3 is 2.47 bits per heavy atom. The first-order chi connectivity index (χ1) is 16.3. The van der Waals surface area contributed by atoms with E-state index in [-0.39, 0.29) is 21.9 Å². The van der Waals surface area contributed by atoms with Gasteiger partial charge < -0.3 is 10.1 Å². The van der Waals surface area contributed by atoms with Crippen LogP contribution in [0.3, 0.4) is 0 Å². The Bertz CT molecular complexity index is 1300. The highest BCUT2D eigenvalue weighted by atomic mass is 32.2. The predicted molar refractivity (Wildman–Crippen MR) is 122 cm³/mol. The Morgan fingerprint density at radius 1 is 1.09 bits per heavy atom. The molecule has 1 aromatic heterocycles. The van der Waals surface area contributed by atoms with Crippen molar-refractivity contribution in [2.24, 2.45) is 0 Å². The highest BCUT2D eigenvalue weighted by Gasteiger charge is 2.27. The Hall–Kier alpha value is -3.38. The summed E-state index contributed by atoms with van der Waals surface area (Å²) >= 11 is 0. The first-order valence-corrected chi connectivity index (χ1v) is 12.3. The molecule has 1 aliphatic heterocycles. The van der Waals surface area contributed by atoms with E-state index in [4.69, 9.17) is 4.74 Å². The van der Waals surface area contributed by atoms with E-state index in [1.807, 2.05) is 0 Å². The van der Waals surface area contributed by atoms with Gasteiger partial charge >= 0.3 is 0 Å². The molecule has 1 fully saturated rings. The number of anilines is 1. The topological polar surface area (TPSA) is 119 Å². The molecule has 1 saturated heterocycles. The number of nitrogens with one attached hydrogen (secondary N) is 1. The number of ether oxygens (including phenoxy) is 1. The first-order valence-electron chi connectivity index (χ1n) is 10.9. The van der Waals surface area contributed by atoms with Crippen molar-refractivity contribution in [3.8, 4) is 11.4 Å². The smallest absolute Gasteiger partial charge is 0.259 e. The fraction of sp³-hybridized carbons (Fsp3) is 0.364. The lowest BCUT2D eigenvalue weighted by Gasteiger charge is -2.20. The van der Waals surface area contributed by atoms with Gasteiger partial charge in [-0.25, -0.2) is 12.8 Å². The minimum Gasteiger partial charge on any atom is -0.496 e. The standard InChI is InChI=1S/C22H25FN6O4S/c1-15-25-26-27-29(15)16-7-9-19(23)20(13-16)24-22(30)18-14-17(8-10-21(18)33-2)34(31,32)28-11-5-3-4-6-12-28/h7-10,13-14H,3-6,11-12H2,1-2H3,(H,24,30). The molecule has 0 radical (unpaired) electrons. The molecule has 1 amide bonds. The minimum absolute atomic E-state index is 0.0149. The van der Waals surface area contributed by atoms with Crippen LogP contribution < -0.4 is 10.1 Å². The third kappa shape index (κ3) is 4.77. The third-order valence-corrected chi connectivity index (χ3v) is 7.58. The van der Waals surface area contributed by atoms with Crippen molar-refractivity contribution in [1.29, 1.82) is 0 Å². The number of aryl methyl sites for hydroxylation is 1. The summed E-state index contributed by atoms with van der Waals surface area (Å²) in [5.74, 6) is -0.735. The van der Waals surface area contributed by atoms with Crippen LogP contribution in [0.15, 0.2) is 41.3 Å². The summed E-state index contributed by atoms with van der Waals surface area (Å²) in [6, 6.07) is 8.16. The Morgan fingerprint density at radius 2 is 1.82 bits per heavy atom. The van der Waals surface area contributed by atoms with Gasteiger partial charge in [0.1, 0.15) is 11.6 Å². The monoisotopic (exact) mass is 488 g/mol. The zero-order valence-electron chi connectivity index (χ0n) is 18.9. The number of rotatable bonds is 6. The van der Waals surface area contributed by atoms with Crippen LogP contribution in [0.4, 0.5) is 10.1 Å². The van der Waals surface area contributed by atoms with E-state index in [9.17, 15) is 17.6 Å². The van der Waals surface area contributed by atoms with Gasteiger partial charge in [0.15, 0.2) is 5.82 Å². The molecular weight excluding hydrogens is 463 g/mol. The summed E-state index contributed by atoms with van der Waals surface area (Å²) in [7, 11) is -2.42. The number of benzene rings is 2. The van der Waals surface area contributed by atoms with Gasteiger partial charge in [-0.05, 0) is 66.6 Å². The molecule has 1 aliphatic rings. The van der Waals surface area contributed by atoms with Crippen LogP contribution in [-0.4, -0.2) is 59.0 Å². The second kappa shape index (κ2) is 9.85. The third-order valence-electron chi connectivity index (χ3n) is 5.69. The van der Waals surface area contributed by atoms with Gasteiger partial charge in [0, 0.05) is 13.1 Å². The fourth-order valence-electron chi connectivity index (χ4n) is 3.86. The van der Waals surface area contributed by atoms with Gasteiger partial charge in [-0.3, -0.25) is 4.79 Å². The van der Waals surface area contributed by atoms with Gasteiger partial charge in [-0.15, -0.1) is 5.10 Å². The number of sulfonamides is 1. The van der Waals surface area contributed by atoms with Crippen LogP contribution in [0, 0.1) is 12.7 Å². The number of hydrogen-bond donors (Lipinski definition) is 1. The molecule has 12 heteroatoms. The van der Waals surface area contributed by atoms with Crippen molar-refractivity contribution in [3.63, 3.8) is 0 Å². The number of carbonyl (C=O) groups is 1. The maximum Gasteiger partial charge on any atom is 0.259 e. The molecule has 0 unspecified atom stereocenters. The highest BCUT2D eigenvalue weighted by Crippen LogP contribution is 2.28. The average molecular weight is 489 g/mol. The van der Waals surface area contributed by atoms with Crippen LogP contribution in [0.25, 0.3) is 5.69 Å². The molecule has 180 valence electrons. The summed E-state index contributed by atoms with van der Waals surface area (Å²) in [6.07, 6.45) is 3.55. The Kier molecular flexibility index (Phi) is 6.89. The molecule has 1 N–H and O–H groups in total. The first kappa shape index (κ1) is 23.8. The van der Waals surface area contributed by atoms with E-state index in [1.54, 1.807) is 6.92 Å². The van der Waals surface area contributed by atoms with E-state index in [1.165, 1.54) is 52.5 Å². The van der Waals surface area contributed by atoms with Gasteiger partial charge in [0.25, 0.3) is 5.91 Å². The van der Waals surface area contributed by atoms with Crippen molar-refractivity contribution in [1.82, 2.24) is 24.5 Å². The van der Waals surface area contributed by atoms with Crippen molar-refractivity contribution >= 4 is 21.6 Å². The van der Waals surface area contributed by atoms with Crippen LogP contribution >= 0.6 is 0 Å². The van der Waals surface area contributed by atoms with Crippen LogP contribution in [0.5, 0.6) is 5.75 Å². The Labute approximate surface area is 196 Å². The summed E-state index contributed by atoms with van der Waals surface area (Å²) in [6.45, 7) is 2.55. The van der Waals surface area contributed by atoms with Crippen LogP contribution in [0.1, 0.15) is 41.9 Å². The van der Waals surface area contributed by atoms with Crippen molar-refractivity contribution in [3.05, 3.63) is 53.6 Å². The van der Waals surface area contributed by atoms with E-state index >= 15 is 0 Å². The van der Waals surface area contributed by atoms with Gasteiger partial charge in [-0.1, -0.05) is 12.8 Å². The molecule has 34 heavy (non-hydrogen) atoms. The second-order valence-electron chi connectivity index (χ2n) is 7.94. The molecule has 4 rings (SSSR count). The quantitative estimate of drug-likeness (QED) is 0.567. The fourth-order valence-corrected chi connectivity index (χ4v) is 5.40. The number of amides is 1. The molecule has 0 atom stereocenters. The number of halogens is 1. The molecule has 2 aromatic carbocycles. The summed E-state index contributed by atoms with van der Waals surface area (Å²) < 4.78 is 49.0. The lowest BCUT2D eigenvalue weighted by molar-refractivity contribution is 0.102. The SMILES string of the molecule is COc1ccc(S(=O)(=O)N2CCCCCC2)cc1C(=O)Nc1cc(-n2nnnc2C)ccc1F. The van der Waals surface area contributed by atoms with Gasteiger partial charge in [0.05, 0.1) is 28.9 Å². The number of tetrazole rings is 1. The minimum atomic E-state index is -3.79. The largest absolute Gasteiger partial charge is 0.496 e. The lowest BCUT2D eigenvalue weighted by atomic mass is 10.1. The lowest BCUT2D eigenvalue weighted by Crippen LogP contribution is -2.32. The Balaban J connectivity index is 1.65. The van der Waals surface area contributed by atoms with Crippen LogP contribution in [0.2, 0.25) is 0 Å². The average Bonchev–Trinajstić information content (AvgIpc) is 3.07. The molecule has 2 heterocycles. The van der Waals surface area contributed by atoms with Crippen molar-refractivity contribution in [2.75, 3.05) is 25.5 Å². The molecule has 0 bridgehead atoms. The van der Waals surface area contributed by atoms with Crippen LogP contribution in [-0.2, 0) is 10.0 Å². The molecule has 0 saturated carbocycles. The molecular formula is C22H25FN6O4S. The normalized spacial score (nSPS) is 15.0. The van der Waals surface area contributed by atoms with E-state index in [0.717, 1.165) is 25.7 Å². The van der Waals surface area contributed by atoms with Crippen molar-refractivity contribution in [2.45, 2.75) is 37.5 Å². The molecule has 3 aromatic rings. The number of aromatic nitrogens is 4. The molecule has 10 nitrogen and oxygen atoms in total.